The molecule has 1 aliphatic heterocycles. The van der Waals surface area contributed by atoms with Crippen LogP contribution < -0.4 is 16.2 Å². The number of carbonyl (C=O) groups is 2. The smallest absolute Gasteiger partial charge is 0.204 e. The second kappa shape index (κ2) is 8.35. The maximum atomic E-state index is 13.8. The van der Waals surface area contributed by atoms with Gasteiger partial charge in [0.25, 0.3) is 0 Å². The number of anilines is 1. The first-order valence-electron chi connectivity index (χ1n) is 9.19. The van der Waals surface area contributed by atoms with Crippen molar-refractivity contribution in [2.24, 2.45) is 5.92 Å². The second-order valence-electron chi connectivity index (χ2n) is 7.27. The van der Waals surface area contributed by atoms with Crippen LogP contribution in [0.25, 0.3) is 0 Å². The van der Waals surface area contributed by atoms with Crippen LogP contribution in [0.1, 0.15) is 19.4 Å². The van der Waals surface area contributed by atoms with Crippen LogP contribution >= 0.6 is 0 Å². The third-order valence-corrected chi connectivity index (χ3v) is 5.22. The van der Waals surface area contributed by atoms with Gasteiger partial charge in [-0.1, -0.05) is 42.5 Å². The first-order valence-corrected chi connectivity index (χ1v) is 9.19. The van der Waals surface area contributed by atoms with Crippen LogP contribution in [-0.2, 0) is 16.0 Å². The monoisotopic (exact) mass is 381 g/mol. The summed E-state index contributed by atoms with van der Waals surface area (Å²) in [6, 6.07) is 16.2. The molecule has 0 radical (unpaired) electrons. The van der Waals surface area contributed by atoms with Crippen LogP contribution in [0.3, 0.4) is 0 Å². The predicted octanol–water partition coefficient (Wildman–Crippen LogP) is 3.01. The molecule has 0 aliphatic carbocycles. The molecule has 6 heteroatoms. The van der Waals surface area contributed by atoms with Gasteiger partial charge in [0.05, 0.1) is 11.6 Å². The molecular formula is C22H24FN3O2. The van der Waals surface area contributed by atoms with Gasteiger partial charge in [-0.15, -0.1) is 0 Å². The van der Waals surface area contributed by atoms with E-state index in [0.717, 1.165) is 11.1 Å². The summed E-state index contributed by atoms with van der Waals surface area (Å²) in [4.78, 5) is 23.9. The molecule has 2 atom stereocenters. The predicted molar refractivity (Wildman–Crippen MR) is 107 cm³/mol. The molecule has 0 saturated carbocycles. The van der Waals surface area contributed by atoms with Crippen LogP contribution in [0, 0.1) is 11.7 Å². The molecule has 1 fully saturated rings. The van der Waals surface area contributed by atoms with Crippen LogP contribution in [0.4, 0.5) is 10.1 Å². The summed E-state index contributed by atoms with van der Waals surface area (Å²) in [7, 11) is 0. The van der Waals surface area contributed by atoms with Crippen molar-refractivity contribution in [3.8, 4) is 0 Å². The van der Waals surface area contributed by atoms with Crippen LogP contribution in [-0.4, -0.2) is 24.2 Å². The topological polar surface area (TPSA) is 70.2 Å². The Morgan fingerprint density at radius 3 is 2.57 bits per heavy atom. The number of hydrazine groups is 1. The quantitative estimate of drug-likeness (QED) is 0.391. The third kappa shape index (κ3) is 4.12. The van der Waals surface area contributed by atoms with Crippen molar-refractivity contribution in [2.75, 3.05) is 12.0 Å². The van der Waals surface area contributed by atoms with Gasteiger partial charge in [-0.2, -0.15) is 0 Å². The number of allylic oxidation sites excluding steroid dienone is 1. The highest BCUT2D eigenvalue weighted by molar-refractivity contribution is 6.27. The molecule has 0 aromatic heterocycles. The zero-order valence-corrected chi connectivity index (χ0v) is 16.0. The van der Waals surface area contributed by atoms with Gasteiger partial charge in [0, 0.05) is 17.8 Å². The van der Waals surface area contributed by atoms with Gasteiger partial charge in [-0.25, -0.2) is 4.39 Å². The summed E-state index contributed by atoms with van der Waals surface area (Å²) < 4.78 is 13.8. The molecule has 3 rings (SSSR count). The van der Waals surface area contributed by atoms with E-state index in [9.17, 15) is 14.0 Å². The van der Waals surface area contributed by atoms with Crippen molar-refractivity contribution in [3.05, 3.63) is 77.2 Å². The summed E-state index contributed by atoms with van der Waals surface area (Å²) in [5, 5.41) is 3.41. The van der Waals surface area contributed by atoms with E-state index in [1.54, 1.807) is 18.2 Å². The van der Waals surface area contributed by atoms with Crippen molar-refractivity contribution >= 4 is 17.8 Å². The third-order valence-electron chi connectivity index (χ3n) is 5.22. The molecule has 2 aromatic carbocycles. The number of Topliss-reactive ketones (excluding diaryl/α,β-unsaturated/α-hetero) is 1. The molecule has 2 aromatic rings. The van der Waals surface area contributed by atoms with Crippen molar-refractivity contribution < 1.29 is 14.0 Å². The maximum absolute atomic E-state index is 13.8. The summed E-state index contributed by atoms with van der Waals surface area (Å²) in [5.41, 5.74) is 8.08. The molecule has 5 nitrogen and oxygen atoms in total. The average Bonchev–Trinajstić information content (AvgIpc) is 3.04. The largest absolute Gasteiger partial charge is 0.306 e. The fourth-order valence-corrected chi connectivity index (χ4v) is 3.78. The SMILES string of the molecule is CC(NNc1ccccc1F)=C1CNC(C)(Cc2ccccc2)C1C(=O)C=O. The minimum atomic E-state index is -0.597. The molecule has 1 aliphatic rings. The highest BCUT2D eigenvalue weighted by Gasteiger charge is 2.46. The molecule has 1 heterocycles. The number of para-hydroxylation sites is 1. The van der Waals surface area contributed by atoms with Crippen LogP contribution in [0.2, 0.25) is 0 Å². The highest BCUT2D eigenvalue weighted by atomic mass is 19.1. The van der Waals surface area contributed by atoms with E-state index in [1.807, 2.05) is 44.2 Å². The Morgan fingerprint density at radius 2 is 1.89 bits per heavy atom. The van der Waals surface area contributed by atoms with E-state index in [4.69, 9.17) is 0 Å². The van der Waals surface area contributed by atoms with Crippen molar-refractivity contribution in [2.45, 2.75) is 25.8 Å². The molecule has 0 amide bonds. The number of nitrogens with one attached hydrogen (secondary N) is 3. The van der Waals surface area contributed by atoms with Gasteiger partial charge in [-0.3, -0.25) is 15.0 Å². The number of aldehydes is 1. The Bertz CT molecular complexity index is 898. The summed E-state index contributed by atoms with van der Waals surface area (Å²) in [6.07, 6.45) is 0.994. The fraction of sp³-hybridized carbons (Fsp3) is 0.273. The van der Waals surface area contributed by atoms with Crippen LogP contribution in [0.5, 0.6) is 0 Å². The van der Waals surface area contributed by atoms with Gasteiger partial charge in [0.2, 0.25) is 5.78 Å². The molecule has 0 spiro atoms. The first-order chi connectivity index (χ1) is 13.4. The Hall–Kier alpha value is -2.99. The minimum Gasteiger partial charge on any atom is -0.306 e. The Kier molecular flexibility index (Phi) is 5.90. The Morgan fingerprint density at radius 1 is 1.21 bits per heavy atom. The van der Waals surface area contributed by atoms with Gasteiger partial charge in [0.1, 0.15) is 5.82 Å². The molecule has 0 bridgehead atoms. The lowest BCUT2D eigenvalue weighted by molar-refractivity contribution is -0.132. The molecular weight excluding hydrogens is 357 g/mol. The number of benzene rings is 2. The van der Waals surface area contributed by atoms with Crippen LogP contribution in [0.15, 0.2) is 65.9 Å². The number of carbonyl (C=O) groups excluding carboxylic acids is 2. The second-order valence-corrected chi connectivity index (χ2v) is 7.27. The lowest BCUT2D eigenvalue weighted by atomic mass is 9.77. The van der Waals surface area contributed by atoms with E-state index in [0.29, 0.717) is 30.6 Å². The highest BCUT2D eigenvalue weighted by Crippen LogP contribution is 2.35. The molecule has 28 heavy (non-hydrogen) atoms. The Labute approximate surface area is 164 Å². The lowest BCUT2D eigenvalue weighted by Crippen LogP contribution is -2.47. The average molecular weight is 381 g/mol. The van der Waals surface area contributed by atoms with Gasteiger partial charge in [0.15, 0.2) is 6.29 Å². The van der Waals surface area contributed by atoms with Gasteiger partial charge in [-0.05, 0) is 43.5 Å². The number of hydrogen-bond donors (Lipinski definition) is 3. The summed E-state index contributed by atoms with van der Waals surface area (Å²) >= 11 is 0. The normalized spacial score (nSPS) is 23.2. The summed E-state index contributed by atoms with van der Waals surface area (Å²) in [6.45, 7) is 4.23. The molecule has 146 valence electrons. The fourth-order valence-electron chi connectivity index (χ4n) is 3.78. The lowest BCUT2D eigenvalue weighted by Gasteiger charge is -2.30. The number of rotatable bonds is 7. The van der Waals surface area contributed by atoms with Crippen molar-refractivity contribution in [1.29, 1.82) is 0 Å². The minimum absolute atomic E-state index is 0.304. The van der Waals surface area contributed by atoms with E-state index in [1.165, 1.54) is 6.07 Å². The maximum Gasteiger partial charge on any atom is 0.204 e. The molecule has 3 N–H and O–H groups in total. The zero-order chi connectivity index (χ0) is 20.1. The molecule has 1 saturated heterocycles. The Balaban J connectivity index is 1.85. The van der Waals surface area contributed by atoms with E-state index >= 15 is 0 Å². The zero-order valence-electron chi connectivity index (χ0n) is 16.0. The number of hydrogen-bond acceptors (Lipinski definition) is 5. The molecule has 2 unspecified atom stereocenters. The standard InChI is InChI=1S/C22H24FN3O2/c1-15(25-26-19-11-7-6-10-18(19)23)17-13-24-22(2,21(17)20(28)14-27)12-16-8-4-3-5-9-16/h3-11,14,21,24-26H,12-13H2,1-2H3. The van der Waals surface area contributed by atoms with E-state index < -0.39 is 17.2 Å². The van der Waals surface area contributed by atoms with E-state index in [2.05, 4.69) is 16.2 Å². The van der Waals surface area contributed by atoms with Crippen molar-refractivity contribution in [3.63, 3.8) is 0 Å². The summed E-state index contributed by atoms with van der Waals surface area (Å²) in [5.74, 6) is -1.45. The van der Waals surface area contributed by atoms with Gasteiger partial charge >= 0.3 is 0 Å². The van der Waals surface area contributed by atoms with Crippen molar-refractivity contribution in [1.82, 2.24) is 10.7 Å². The first kappa shape index (κ1) is 19.8. The number of halogens is 1. The van der Waals surface area contributed by atoms with E-state index in [-0.39, 0.29) is 5.82 Å². The number of ketones is 1. The van der Waals surface area contributed by atoms with Gasteiger partial charge < -0.3 is 10.7 Å².